The molecule has 8 N–H and O–H groups in total. The van der Waals surface area contributed by atoms with Gasteiger partial charge < -0.3 is 21.3 Å². The molecule has 4 heteroatoms. The largest absolute Gasteiger partial charge is 0.339 e. The molecule has 0 unspecified atom stereocenters. The summed E-state index contributed by atoms with van der Waals surface area (Å²) >= 11 is 0. The summed E-state index contributed by atoms with van der Waals surface area (Å²) < 4.78 is 0. The minimum atomic E-state index is 0.345. The Kier molecular flexibility index (Phi) is 14.6. The second-order valence-corrected chi connectivity index (χ2v) is 17.8. The number of nitrogens with two attached hydrogens (primary N) is 4. The molecule has 1 saturated carbocycles. The van der Waals surface area contributed by atoms with Gasteiger partial charge in [-0.1, -0.05) is 218 Å². The third-order valence-corrected chi connectivity index (χ3v) is 13.4. The van der Waals surface area contributed by atoms with Crippen molar-refractivity contribution in [1.29, 1.82) is 0 Å². The number of hydrogen-bond acceptors (Lipinski definition) is 0. The van der Waals surface area contributed by atoms with Crippen LogP contribution < -0.4 is 21.3 Å². The van der Waals surface area contributed by atoms with Crippen LogP contribution in [-0.4, -0.2) is 0 Å². The van der Waals surface area contributed by atoms with E-state index in [-0.39, 0.29) is 0 Å². The summed E-state index contributed by atoms with van der Waals surface area (Å²) in [4.78, 5) is 0. The molecule has 8 aromatic carbocycles. The average molecular weight is 841 g/mol. The van der Waals surface area contributed by atoms with Gasteiger partial charge in [0.25, 0.3) is 0 Å². The quantitative estimate of drug-likeness (QED) is 0.0599. The van der Waals surface area contributed by atoms with Crippen LogP contribution in [0, 0.1) is 0 Å². The Labute approximate surface area is 380 Å². The summed E-state index contributed by atoms with van der Waals surface area (Å²) in [5, 5.41) is 9.65. The molecular weight excluding hydrogens is 777 g/mol. The Morgan fingerprint density at radius 2 is 0.344 bits per heavy atom. The zero-order valence-electron chi connectivity index (χ0n) is 37.1. The molecule has 0 radical (unpaired) electrons. The van der Waals surface area contributed by atoms with Crippen LogP contribution in [0.2, 0.25) is 0 Å². The molecule has 1 fully saturated rings. The topological polar surface area (TPSA) is 66.4 Å². The molecule has 0 bridgehead atoms. The lowest BCUT2D eigenvalue weighted by Crippen LogP contribution is -2.80. The first-order chi connectivity index (χ1) is 31.7. The van der Waals surface area contributed by atoms with Gasteiger partial charge in [0, 0.05) is 44.5 Å². The molecule has 0 aromatic heterocycles. The Balaban J connectivity index is 0.990. The third-order valence-electron chi connectivity index (χ3n) is 13.4. The van der Waals surface area contributed by atoms with Crippen LogP contribution in [0.1, 0.15) is 90.4 Å². The predicted octanol–water partition coefficient (Wildman–Crippen LogP) is 8.19. The van der Waals surface area contributed by atoms with Gasteiger partial charge in [-0.25, -0.2) is 0 Å². The molecule has 64 heavy (non-hydrogen) atoms. The minimum absolute atomic E-state index is 0.345. The number of benzene rings is 8. The van der Waals surface area contributed by atoms with Crippen LogP contribution in [0.15, 0.2) is 218 Å². The van der Waals surface area contributed by atoms with Crippen LogP contribution >= 0.6 is 0 Å². The number of quaternary nitrogens is 4. The van der Waals surface area contributed by atoms with Crippen molar-refractivity contribution in [2.24, 2.45) is 0 Å². The molecule has 0 atom stereocenters. The van der Waals surface area contributed by atoms with Crippen LogP contribution in [0.3, 0.4) is 0 Å². The predicted molar refractivity (Wildman–Crippen MR) is 260 cm³/mol. The highest BCUT2D eigenvalue weighted by atomic mass is 14.9. The maximum Gasteiger partial charge on any atom is 0.101 e. The molecule has 0 saturated heterocycles. The van der Waals surface area contributed by atoms with Crippen LogP contribution in [-0.2, 0) is 52.4 Å². The van der Waals surface area contributed by atoms with E-state index in [1.165, 1.54) is 66.8 Å². The lowest BCUT2D eigenvalue weighted by atomic mass is 9.49. The van der Waals surface area contributed by atoms with E-state index in [1.807, 2.05) is 0 Å². The van der Waals surface area contributed by atoms with E-state index in [4.69, 9.17) is 0 Å². The van der Waals surface area contributed by atoms with E-state index >= 15 is 0 Å². The Morgan fingerprint density at radius 1 is 0.188 bits per heavy atom. The van der Waals surface area contributed by atoms with E-state index in [0.717, 1.165) is 52.4 Å². The lowest BCUT2D eigenvalue weighted by molar-refractivity contribution is -0.686. The van der Waals surface area contributed by atoms with Gasteiger partial charge in [-0.3, -0.25) is 0 Å². The van der Waals surface area contributed by atoms with E-state index < -0.39 is 0 Å². The Morgan fingerprint density at radius 3 is 0.516 bits per heavy atom. The van der Waals surface area contributed by atoms with E-state index in [2.05, 4.69) is 240 Å². The van der Waals surface area contributed by atoms with Gasteiger partial charge in [-0.2, -0.15) is 0 Å². The lowest BCUT2D eigenvalue weighted by Gasteiger charge is -2.54. The SMILES string of the molecule is c1ccc(C[NH2+]Cc2ccc(C3C(c4ccc(C[NH2+]Cc5ccccc5)cc4)C(c4ccc(C[NH2+]Cc5ccccc5)cc4)C3c3ccc(C[NH2+]Cc4ccccc4)cc3)cc2)cc1. The zero-order valence-corrected chi connectivity index (χ0v) is 37.1. The Bertz CT molecular complexity index is 2200. The highest BCUT2D eigenvalue weighted by molar-refractivity contribution is 5.49. The zero-order chi connectivity index (χ0) is 43.2. The maximum absolute atomic E-state index is 2.44. The van der Waals surface area contributed by atoms with Crippen LogP contribution in [0.4, 0.5) is 0 Å². The first kappa shape index (κ1) is 42.9. The van der Waals surface area contributed by atoms with Crippen molar-refractivity contribution in [2.45, 2.75) is 76.0 Å². The fourth-order valence-corrected chi connectivity index (χ4v) is 9.99. The Hall–Kier alpha value is -6.40. The number of rotatable bonds is 20. The molecule has 1 aliphatic rings. The highest BCUT2D eigenvalue weighted by Gasteiger charge is 2.52. The fraction of sp³-hybridized carbons (Fsp3) is 0.200. The van der Waals surface area contributed by atoms with Crippen LogP contribution in [0.25, 0.3) is 0 Å². The van der Waals surface area contributed by atoms with E-state index in [1.54, 1.807) is 0 Å². The van der Waals surface area contributed by atoms with Crippen molar-refractivity contribution in [3.63, 3.8) is 0 Å². The van der Waals surface area contributed by atoms with Gasteiger partial charge >= 0.3 is 0 Å². The number of hydrogen-bond donors (Lipinski definition) is 4. The van der Waals surface area contributed by atoms with Gasteiger partial charge in [-0.15, -0.1) is 0 Å². The summed E-state index contributed by atoms with van der Waals surface area (Å²) in [6.07, 6.45) is 0. The van der Waals surface area contributed by atoms with Crippen molar-refractivity contribution in [2.75, 3.05) is 0 Å². The molecule has 9 rings (SSSR count). The molecule has 8 aromatic rings. The molecule has 0 aliphatic heterocycles. The summed E-state index contributed by atoms with van der Waals surface area (Å²) in [6.45, 7) is 7.82. The average Bonchev–Trinajstić information content (AvgIpc) is 3.35. The first-order valence-corrected chi connectivity index (χ1v) is 23.5. The molecule has 4 nitrogen and oxygen atoms in total. The van der Waals surface area contributed by atoms with Crippen molar-refractivity contribution in [3.05, 3.63) is 285 Å². The second kappa shape index (κ2) is 21.8. The summed E-state index contributed by atoms with van der Waals surface area (Å²) in [5.41, 5.74) is 16.7. The molecule has 1 aliphatic carbocycles. The summed E-state index contributed by atoms with van der Waals surface area (Å²) in [7, 11) is 0. The summed E-state index contributed by atoms with van der Waals surface area (Å²) in [6, 6.07) is 81.8. The van der Waals surface area contributed by atoms with Crippen molar-refractivity contribution >= 4 is 0 Å². The van der Waals surface area contributed by atoms with Crippen LogP contribution in [0.5, 0.6) is 0 Å². The standard InChI is InChI=1S/C60H60N4/c1-5-13-45(14-6-1)37-61-41-49-21-29-53(30-22-49)57-58(54-31-23-50(24-32-54)42-62-38-46-15-7-2-8-16-46)60(56-35-27-52(28-36-56)44-64-40-48-19-11-4-12-20-48)59(57)55-33-25-51(26-34-55)43-63-39-47-17-9-3-10-18-47/h1-36,57-64H,37-44H2/p+4. The molecule has 0 amide bonds. The van der Waals surface area contributed by atoms with Crippen molar-refractivity contribution in [3.8, 4) is 0 Å². The second-order valence-electron chi connectivity index (χ2n) is 17.8. The van der Waals surface area contributed by atoms with Gasteiger partial charge in [0.05, 0.1) is 0 Å². The fourth-order valence-electron chi connectivity index (χ4n) is 9.99. The molecular formula is C60H64N4+4. The molecule has 0 heterocycles. The van der Waals surface area contributed by atoms with Crippen molar-refractivity contribution < 1.29 is 21.3 Å². The molecule has 320 valence electrons. The van der Waals surface area contributed by atoms with Crippen molar-refractivity contribution in [1.82, 2.24) is 0 Å². The van der Waals surface area contributed by atoms with E-state index in [9.17, 15) is 0 Å². The maximum atomic E-state index is 2.44. The third kappa shape index (κ3) is 11.2. The van der Waals surface area contributed by atoms with E-state index in [0.29, 0.717) is 23.7 Å². The minimum Gasteiger partial charge on any atom is -0.339 e. The normalized spacial score (nSPS) is 16.9. The first-order valence-electron chi connectivity index (χ1n) is 23.5. The van der Waals surface area contributed by atoms with Gasteiger partial charge in [0.15, 0.2) is 0 Å². The monoisotopic (exact) mass is 841 g/mol. The highest BCUT2D eigenvalue weighted by Crippen LogP contribution is 2.66. The summed E-state index contributed by atoms with van der Waals surface area (Å²) in [5.74, 6) is 1.38. The van der Waals surface area contributed by atoms with Gasteiger partial charge in [0.1, 0.15) is 52.4 Å². The van der Waals surface area contributed by atoms with Gasteiger partial charge in [-0.05, 0) is 45.9 Å². The smallest absolute Gasteiger partial charge is 0.101 e. The van der Waals surface area contributed by atoms with Gasteiger partial charge in [0.2, 0.25) is 0 Å². The molecule has 0 spiro atoms.